The number of ether oxygens (including phenoxy) is 1. The quantitative estimate of drug-likeness (QED) is 0.597. The van der Waals surface area contributed by atoms with Gasteiger partial charge in [-0.3, -0.25) is 0 Å². The molecule has 0 atom stereocenters. The minimum atomic E-state index is 0.153. The number of rotatable bonds is 0. The van der Waals surface area contributed by atoms with Crippen LogP contribution in [-0.2, 0) is 5.41 Å². The lowest BCUT2D eigenvalue weighted by Crippen LogP contribution is -2.26. The molecule has 1 aliphatic rings. The van der Waals surface area contributed by atoms with E-state index in [9.17, 15) is 0 Å². The molecule has 2 rings (SSSR count). The topological polar surface area (TPSA) is 22.1 Å². The van der Waals surface area contributed by atoms with Crippen molar-refractivity contribution in [3.63, 3.8) is 0 Å². The molecule has 0 aliphatic carbocycles. The Kier molecular flexibility index (Phi) is 1.95. The Hall–Kier alpha value is -0.760. The molecule has 3 heteroatoms. The molecule has 0 aromatic carbocycles. The SMILES string of the molecule is CC1(C)CCOc2c1ccnc2Cl. The van der Waals surface area contributed by atoms with Crippen LogP contribution >= 0.6 is 11.6 Å². The van der Waals surface area contributed by atoms with E-state index in [-0.39, 0.29) is 5.41 Å². The van der Waals surface area contributed by atoms with Crippen LogP contribution in [0.5, 0.6) is 5.75 Å². The molecule has 1 aromatic rings. The standard InChI is InChI=1S/C10H12ClNO/c1-10(2)4-6-13-8-7(10)3-5-12-9(8)11/h3,5H,4,6H2,1-2H3. The number of pyridine rings is 1. The average molecular weight is 198 g/mol. The van der Waals surface area contributed by atoms with Gasteiger partial charge in [-0.15, -0.1) is 0 Å². The Morgan fingerprint density at radius 2 is 2.31 bits per heavy atom. The van der Waals surface area contributed by atoms with Gasteiger partial charge < -0.3 is 4.74 Å². The highest BCUT2D eigenvalue weighted by Gasteiger charge is 2.30. The number of nitrogens with zero attached hydrogens (tertiary/aromatic N) is 1. The highest BCUT2D eigenvalue weighted by atomic mass is 35.5. The lowest BCUT2D eigenvalue weighted by Gasteiger charge is -2.32. The zero-order chi connectivity index (χ0) is 9.47. The van der Waals surface area contributed by atoms with Crippen LogP contribution in [0, 0.1) is 0 Å². The van der Waals surface area contributed by atoms with Crippen LogP contribution in [0.2, 0.25) is 5.15 Å². The van der Waals surface area contributed by atoms with E-state index in [1.807, 2.05) is 6.07 Å². The predicted octanol–water partition coefficient (Wildman–Crippen LogP) is 2.80. The van der Waals surface area contributed by atoms with Crippen LogP contribution in [-0.4, -0.2) is 11.6 Å². The molecule has 1 aliphatic heterocycles. The molecule has 0 fully saturated rings. The third-order valence-corrected chi connectivity index (χ3v) is 2.83. The van der Waals surface area contributed by atoms with Crippen molar-refractivity contribution in [2.75, 3.05) is 6.61 Å². The van der Waals surface area contributed by atoms with Crippen LogP contribution in [0.1, 0.15) is 25.8 Å². The Balaban J connectivity index is 2.58. The third-order valence-electron chi connectivity index (χ3n) is 2.56. The maximum Gasteiger partial charge on any atom is 0.171 e. The van der Waals surface area contributed by atoms with Gasteiger partial charge in [0.15, 0.2) is 10.9 Å². The van der Waals surface area contributed by atoms with Crippen molar-refractivity contribution in [2.45, 2.75) is 25.7 Å². The summed E-state index contributed by atoms with van der Waals surface area (Å²) < 4.78 is 5.50. The van der Waals surface area contributed by atoms with Gasteiger partial charge in [-0.25, -0.2) is 4.98 Å². The average Bonchev–Trinajstić information content (AvgIpc) is 2.06. The molecule has 1 aromatic heterocycles. The molecule has 0 saturated heterocycles. The van der Waals surface area contributed by atoms with E-state index in [0.29, 0.717) is 5.15 Å². The minimum Gasteiger partial charge on any atom is -0.490 e. The number of hydrogen-bond acceptors (Lipinski definition) is 2. The fraction of sp³-hybridized carbons (Fsp3) is 0.500. The molecule has 2 nitrogen and oxygen atoms in total. The highest BCUT2D eigenvalue weighted by Crippen LogP contribution is 2.40. The van der Waals surface area contributed by atoms with E-state index in [4.69, 9.17) is 16.3 Å². The molecule has 0 saturated carbocycles. The van der Waals surface area contributed by atoms with Gasteiger partial charge >= 0.3 is 0 Å². The summed E-state index contributed by atoms with van der Waals surface area (Å²) in [4.78, 5) is 4.00. The lowest BCUT2D eigenvalue weighted by molar-refractivity contribution is 0.233. The first-order chi connectivity index (χ1) is 6.11. The summed E-state index contributed by atoms with van der Waals surface area (Å²) >= 11 is 5.93. The van der Waals surface area contributed by atoms with E-state index in [1.54, 1.807) is 6.20 Å². The van der Waals surface area contributed by atoms with Crippen molar-refractivity contribution >= 4 is 11.6 Å². The first kappa shape index (κ1) is 8.82. The van der Waals surface area contributed by atoms with Crippen molar-refractivity contribution in [1.82, 2.24) is 4.98 Å². The van der Waals surface area contributed by atoms with E-state index in [0.717, 1.165) is 18.8 Å². The molecule has 0 spiro atoms. The Morgan fingerprint density at radius 3 is 3.00 bits per heavy atom. The summed E-state index contributed by atoms with van der Waals surface area (Å²) in [7, 11) is 0. The summed E-state index contributed by atoms with van der Waals surface area (Å²) in [5, 5.41) is 0.477. The predicted molar refractivity (Wildman–Crippen MR) is 52.4 cm³/mol. The molecule has 0 amide bonds. The van der Waals surface area contributed by atoms with E-state index in [2.05, 4.69) is 18.8 Å². The molecular weight excluding hydrogens is 186 g/mol. The maximum atomic E-state index is 5.93. The van der Waals surface area contributed by atoms with Gasteiger partial charge in [0.1, 0.15) is 0 Å². The highest BCUT2D eigenvalue weighted by molar-refractivity contribution is 6.30. The summed E-state index contributed by atoms with van der Waals surface area (Å²) in [6.07, 6.45) is 2.76. The smallest absolute Gasteiger partial charge is 0.171 e. The molecule has 0 bridgehead atoms. The van der Waals surface area contributed by atoms with Gasteiger partial charge in [0.05, 0.1) is 6.61 Å². The van der Waals surface area contributed by atoms with Crippen molar-refractivity contribution in [3.8, 4) is 5.75 Å². The molecule has 70 valence electrons. The second-order valence-corrected chi connectivity index (χ2v) is 4.32. The van der Waals surface area contributed by atoms with E-state index in [1.165, 1.54) is 5.56 Å². The second kappa shape index (κ2) is 2.88. The summed E-state index contributed by atoms with van der Waals surface area (Å²) in [5.74, 6) is 0.764. The fourth-order valence-corrected chi connectivity index (χ4v) is 1.85. The minimum absolute atomic E-state index is 0.153. The first-order valence-corrected chi connectivity index (χ1v) is 4.77. The van der Waals surface area contributed by atoms with Crippen LogP contribution in [0.4, 0.5) is 0 Å². The van der Waals surface area contributed by atoms with E-state index < -0.39 is 0 Å². The number of hydrogen-bond donors (Lipinski definition) is 0. The van der Waals surface area contributed by atoms with Gasteiger partial charge in [0, 0.05) is 11.8 Å². The number of halogens is 1. The van der Waals surface area contributed by atoms with Crippen LogP contribution in [0.25, 0.3) is 0 Å². The van der Waals surface area contributed by atoms with Crippen molar-refractivity contribution in [2.24, 2.45) is 0 Å². The number of aromatic nitrogens is 1. The second-order valence-electron chi connectivity index (χ2n) is 3.96. The van der Waals surface area contributed by atoms with Gasteiger partial charge in [-0.1, -0.05) is 25.4 Å². The van der Waals surface area contributed by atoms with Gasteiger partial charge in [-0.05, 0) is 17.9 Å². The normalized spacial score (nSPS) is 19.0. The third kappa shape index (κ3) is 1.39. The molecule has 0 unspecified atom stereocenters. The maximum absolute atomic E-state index is 5.93. The summed E-state index contributed by atoms with van der Waals surface area (Å²) in [5.41, 5.74) is 1.32. The molecular formula is C10H12ClNO. The zero-order valence-electron chi connectivity index (χ0n) is 7.80. The first-order valence-electron chi connectivity index (χ1n) is 4.39. The monoisotopic (exact) mass is 197 g/mol. The fourth-order valence-electron chi connectivity index (χ4n) is 1.64. The Morgan fingerprint density at radius 1 is 1.54 bits per heavy atom. The van der Waals surface area contributed by atoms with Crippen LogP contribution < -0.4 is 4.74 Å². The van der Waals surface area contributed by atoms with Gasteiger partial charge in [0.25, 0.3) is 0 Å². The van der Waals surface area contributed by atoms with Crippen molar-refractivity contribution < 1.29 is 4.74 Å². The van der Waals surface area contributed by atoms with Gasteiger partial charge in [-0.2, -0.15) is 0 Å². The molecule has 13 heavy (non-hydrogen) atoms. The number of fused-ring (bicyclic) bond motifs is 1. The van der Waals surface area contributed by atoms with Crippen molar-refractivity contribution in [1.29, 1.82) is 0 Å². The van der Waals surface area contributed by atoms with Gasteiger partial charge in [0.2, 0.25) is 0 Å². The molecule has 0 N–H and O–H groups in total. The largest absolute Gasteiger partial charge is 0.490 e. The Bertz CT molecular complexity index is 336. The molecule has 2 heterocycles. The van der Waals surface area contributed by atoms with Crippen LogP contribution in [0.3, 0.4) is 0 Å². The van der Waals surface area contributed by atoms with Crippen molar-refractivity contribution in [3.05, 3.63) is 23.0 Å². The van der Waals surface area contributed by atoms with E-state index >= 15 is 0 Å². The van der Waals surface area contributed by atoms with Crippen LogP contribution in [0.15, 0.2) is 12.3 Å². The Labute approximate surface area is 82.9 Å². The zero-order valence-corrected chi connectivity index (χ0v) is 8.56. The molecule has 0 radical (unpaired) electrons. The summed E-state index contributed by atoms with van der Waals surface area (Å²) in [6.45, 7) is 5.13. The summed E-state index contributed by atoms with van der Waals surface area (Å²) in [6, 6.07) is 1.99. The lowest BCUT2D eigenvalue weighted by atomic mass is 9.80.